The summed E-state index contributed by atoms with van der Waals surface area (Å²) < 4.78 is 26.7. The average molecular weight is 450 g/mol. The molecular weight excluding hydrogens is 424 g/mol. The van der Waals surface area contributed by atoms with Gasteiger partial charge in [0.2, 0.25) is 5.91 Å². The molecule has 0 spiro atoms. The molecule has 5 nitrogen and oxygen atoms in total. The lowest BCUT2D eigenvalue weighted by molar-refractivity contribution is -0.121. The Kier molecular flexibility index (Phi) is 6.98. The van der Waals surface area contributed by atoms with Crippen LogP contribution in [0.15, 0.2) is 78.9 Å². The van der Waals surface area contributed by atoms with Crippen LogP contribution in [0.1, 0.15) is 23.5 Å². The van der Waals surface area contributed by atoms with Crippen molar-refractivity contribution >= 4 is 17.6 Å². The maximum Gasteiger partial charge on any atom is 0.325 e. The third-order valence-corrected chi connectivity index (χ3v) is 5.80. The Morgan fingerprint density at radius 2 is 1.52 bits per heavy atom. The third-order valence-electron chi connectivity index (χ3n) is 5.80. The summed E-state index contributed by atoms with van der Waals surface area (Å²) in [4.78, 5) is 27.9. The second kappa shape index (κ2) is 10.3. The summed E-state index contributed by atoms with van der Waals surface area (Å²) in [6.07, 6.45) is 0.717. The number of rotatable bonds is 8. The number of carbonyl (C=O) groups excluding carboxylic acids is 2. The standard InChI is InChI=1S/C26H25F2N3O2/c27-23-12-11-21(17-24(23)28)31-16-15-30(26(31)33)18-25(32)29-14-13-22(19-7-3-1-4-8-19)20-9-5-2-6-10-20/h1-12,17,22H,13-16,18H2,(H,29,32). The molecule has 1 heterocycles. The molecule has 7 heteroatoms. The lowest BCUT2D eigenvalue weighted by Gasteiger charge is -2.20. The quantitative estimate of drug-likeness (QED) is 0.549. The Labute approximate surface area is 191 Å². The molecule has 1 aliphatic rings. The number of urea groups is 1. The molecule has 1 N–H and O–H groups in total. The van der Waals surface area contributed by atoms with Crippen molar-refractivity contribution < 1.29 is 18.4 Å². The SMILES string of the molecule is O=C(CN1CCN(c2ccc(F)c(F)c2)C1=O)NCCC(c1ccccc1)c1ccccc1. The number of amides is 3. The van der Waals surface area contributed by atoms with E-state index in [9.17, 15) is 18.4 Å². The van der Waals surface area contributed by atoms with Gasteiger partial charge in [0, 0.05) is 37.3 Å². The number of carbonyl (C=O) groups is 2. The van der Waals surface area contributed by atoms with Crippen molar-refractivity contribution in [2.24, 2.45) is 0 Å². The fraction of sp³-hybridized carbons (Fsp3) is 0.231. The second-order valence-corrected chi connectivity index (χ2v) is 7.97. The molecule has 0 bridgehead atoms. The lowest BCUT2D eigenvalue weighted by atomic mass is 9.88. The van der Waals surface area contributed by atoms with Crippen LogP contribution < -0.4 is 10.2 Å². The van der Waals surface area contributed by atoms with Gasteiger partial charge in [0.15, 0.2) is 11.6 Å². The van der Waals surface area contributed by atoms with Gasteiger partial charge in [-0.25, -0.2) is 13.6 Å². The van der Waals surface area contributed by atoms with Gasteiger partial charge in [-0.15, -0.1) is 0 Å². The fourth-order valence-corrected chi connectivity index (χ4v) is 4.10. The normalized spacial score (nSPS) is 13.6. The van der Waals surface area contributed by atoms with Crippen molar-refractivity contribution in [2.45, 2.75) is 12.3 Å². The number of anilines is 1. The van der Waals surface area contributed by atoms with E-state index in [1.807, 2.05) is 36.4 Å². The van der Waals surface area contributed by atoms with E-state index in [1.165, 1.54) is 27.0 Å². The number of hydrogen-bond donors (Lipinski definition) is 1. The minimum absolute atomic E-state index is 0.0830. The molecule has 0 saturated carbocycles. The zero-order chi connectivity index (χ0) is 23.2. The summed E-state index contributed by atoms with van der Waals surface area (Å²) in [5, 5.41) is 2.91. The predicted octanol–water partition coefficient (Wildman–Crippen LogP) is 4.55. The summed E-state index contributed by atoms with van der Waals surface area (Å²) >= 11 is 0. The van der Waals surface area contributed by atoms with E-state index in [-0.39, 0.29) is 24.1 Å². The molecule has 3 amide bonds. The zero-order valence-electron chi connectivity index (χ0n) is 18.1. The molecule has 3 aromatic rings. The first kappa shape index (κ1) is 22.5. The minimum Gasteiger partial charge on any atom is -0.355 e. The Hall–Kier alpha value is -3.74. The summed E-state index contributed by atoms with van der Waals surface area (Å²) in [6, 6.07) is 23.2. The van der Waals surface area contributed by atoms with E-state index >= 15 is 0 Å². The third kappa shape index (κ3) is 5.37. The Morgan fingerprint density at radius 3 is 2.12 bits per heavy atom. The van der Waals surface area contributed by atoms with Gasteiger partial charge in [-0.3, -0.25) is 9.69 Å². The van der Waals surface area contributed by atoms with Crippen molar-refractivity contribution in [1.82, 2.24) is 10.2 Å². The van der Waals surface area contributed by atoms with E-state index in [1.54, 1.807) is 0 Å². The van der Waals surface area contributed by atoms with Crippen LogP contribution in [0.5, 0.6) is 0 Å². The molecule has 0 unspecified atom stereocenters. The number of nitrogens with zero attached hydrogens (tertiary/aromatic N) is 2. The Morgan fingerprint density at radius 1 is 0.879 bits per heavy atom. The predicted molar refractivity (Wildman–Crippen MR) is 123 cm³/mol. The van der Waals surface area contributed by atoms with Crippen LogP contribution in [-0.2, 0) is 4.79 Å². The van der Waals surface area contributed by atoms with E-state index in [4.69, 9.17) is 0 Å². The molecule has 0 radical (unpaired) electrons. The molecule has 1 saturated heterocycles. The van der Waals surface area contributed by atoms with Crippen LogP contribution in [-0.4, -0.2) is 43.0 Å². The van der Waals surface area contributed by atoms with Gasteiger partial charge in [0.05, 0.1) is 0 Å². The Balaban J connectivity index is 1.32. The fourth-order valence-electron chi connectivity index (χ4n) is 4.10. The molecule has 0 aliphatic carbocycles. The molecule has 3 aromatic carbocycles. The summed E-state index contributed by atoms with van der Waals surface area (Å²) in [7, 11) is 0. The highest BCUT2D eigenvalue weighted by Crippen LogP contribution is 2.27. The monoisotopic (exact) mass is 449 g/mol. The second-order valence-electron chi connectivity index (χ2n) is 7.97. The first-order valence-electron chi connectivity index (χ1n) is 10.9. The van der Waals surface area contributed by atoms with Crippen molar-refractivity contribution in [3.63, 3.8) is 0 Å². The highest BCUT2D eigenvalue weighted by molar-refractivity contribution is 5.96. The smallest absolute Gasteiger partial charge is 0.325 e. The minimum atomic E-state index is -1.01. The maximum absolute atomic E-state index is 13.5. The first-order valence-corrected chi connectivity index (χ1v) is 10.9. The van der Waals surface area contributed by atoms with Gasteiger partial charge in [-0.05, 0) is 29.7 Å². The van der Waals surface area contributed by atoms with Gasteiger partial charge >= 0.3 is 6.03 Å². The molecular formula is C26H25F2N3O2. The molecule has 1 fully saturated rings. The Bertz CT molecular complexity index is 1070. The van der Waals surface area contributed by atoms with Crippen LogP contribution in [0.2, 0.25) is 0 Å². The van der Waals surface area contributed by atoms with Crippen molar-refractivity contribution in [1.29, 1.82) is 0 Å². The molecule has 1 aliphatic heterocycles. The van der Waals surface area contributed by atoms with Gasteiger partial charge in [-0.1, -0.05) is 60.7 Å². The first-order chi connectivity index (χ1) is 16.0. The molecule has 4 rings (SSSR count). The maximum atomic E-state index is 13.5. The highest BCUT2D eigenvalue weighted by Gasteiger charge is 2.31. The number of halogens is 2. The average Bonchev–Trinajstić information content (AvgIpc) is 3.19. The summed E-state index contributed by atoms with van der Waals surface area (Å²) in [6.45, 7) is 1.02. The molecule has 0 aromatic heterocycles. The lowest BCUT2D eigenvalue weighted by Crippen LogP contribution is -2.40. The zero-order valence-corrected chi connectivity index (χ0v) is 18.1. The van der Waals surface area contributed by atoms with Crippen LogP contribution in [0, 0.1) is 11.6 Å². The van der Waals surface area contributed by atoms with Crippen LogP contribution in [0.4, 0.5) is 19.3 Å². The van der Waals surface area contributed by atoms with E-state index in [2.05, 4.69) is 29.6 Å². The van der Waals surface area contributed by atoms with Crippen LogP contribution in [0.3, 0.4) is 0 Å². The number of benzene rings is 3. The topological polar surface area (TPSA) is 52.7 Å². The van der Waals surface area contributed by atoms with Gasteiger partial charge in [0.1, 0.15) is 6.54 Å². The van der Waals surface area contributed by atoms with E-state index < -0.39 is 17.7 Å². The summed E-state index contributed by atoms with van der Waals surface area (Å²) in [5.41, 5.74) is 2.63. The molecule has 170 valence electrons. The van der Waals surface area contributed by atoms with Crippen molar-refractivity contribution in [2.75, 3.05) is 31.1 Å². The van der Waals surface area contributed by atoms with Crippen LogP contribution in [0.25, 0.3) is 0 Å². The number of hydrogen-bond acceptors (Lipinski definition) is 2. The molecule has 0 atom stereocenters. The van der Waals surface area contributed by atoms with E-state index in [0.29, 0.717) is 26.1 Å². The van der Waals surface area contributed by atoms with E-state index in [0.717, 1.165) is 12.1 Å². The largest absolute Gasteiger partial charge is 0.355 e. The van der Waals surface area contributed by atoms with Gasteiger partial charge in [0.25, 0.3) is 0 Å². The highest BCUT2D eigenvalue weighted by atomic mass is 19.2. The van der Waals surface area contributed by atoms with Crippen molar-refractivity contribution in [3.05, 3.63) is 102 Å². The number of nitrogens with one attached hydrogen (secondary N) is 1. The summed E-state index contributed by atoms with van der Waals surface area (Å²) in [5.74, 6) is -2.09. The van der Waals surface area contributed by atoms with Crippen molar-refractivity contribution in [3.8, 4) is 0 Å². The van der Waals surface area contributed by atoms with Gasteiger partial charge in [-0.2, -0.15) is 0 Å². The van der Waals surface area contributed by atoms with Gasteiger partial charge < -0.3 is 10.2 Å². The van der Waals surface area contributed by atoms with Crippen LogP contribution >= 0.6 is 0 Å². The molecule has 33 heavy (non-hydrogen) atoms.